The molecule has 1 unspecified atom stereocenters. The molecule has 2 aromatic rings. The lowest BCUT2D eigenvalue weighted by molar-refractivity contribution is -0.130. The Hall–Kier alpha value is -2.93. The summed E-state index contributed by atoms with van der Waals surface area (Å²) in [5.74, 6) is 5.00. The molecule has 1 aromatic heterocycles. The zero-order valence-corrected chi connectivity index (χ0v) is 14.7. The van der Waals surface area contributed by atoms with Crippen LogP contribution in [0.25, 0.3) is 0 Å². The number of hydrogen-bond donors (Lipinski definition) is 0. The first-order chi connectivity index (χ1) is 12.0. The van der Waals surface area contributed by atoms with E-state index in [2.05, 4.69) is 16.8 Å². The van der Waals surface area contributed by atoms with Gasteiger partial charge in [0.25, 0.3) is 0 Å². The van der Waals surface area contributed by atoms with E-state index in [1.54, 1.807) is 18.0 Å². The highest BCUT2D eigenvalue weighted by molar-refractivity contribution is 6.13. The maximum absolute atomic E-state index is 12.9. The van der Waals surface area contributed by atoms with Gasteiger partial charge in [0.2, 0.25) is 5.91 Å². The summed E-state index contributed by atoms with van der Waals surface area (Å²) < 4.78 is 0. The van der Waals surface area contributed by atoms with Gasteiger partial charge in [0.1, 0.15) is 5.92 Å². The third-order valence-corrected chi connectivity index (χ3v) is 4.46. The van der Waals surface area contributed by atoms with Gasteiger partial charge in [0.15, 0.2) is 5.78 Å². The number of rotatable bonds is 3. The number of amides is 1. The van der Waals surface area contributed by atoms with Gasteiger partial charge >= 0.3 is 0 Å². The summed E-state index contributed by atoms with van der Waals surface area (Å²) >= 11 is 0. The molecule has 4 heteroatoms. The van der Waals surface area contributed by atoms with E-state index in [4.69, 9.17) is 0 Å². The van der Waals surface area contributed by atoms with Gasteiger partial charge < -0.3 is 4.90 Å². The molecule has 1 atom stereocenters. The van der Waals surface area contributed by atoms with Gasteiger partial charge in [0.05, 0.1) is 18.8 Å². The van der Waals surface area contributed by atoms with Crippen molar-refractivity contribution in [2.75, 3.05) is 6.54 Å². The lowest BCUT2D eigenvalue weighted by atomic mass is 9.87. The fourth-order valence-corrected chi connectivity index (χ4v) is 3.43. The highest BCUT2D eigenvalue weighted by atomic mass is 16.2. The first-order valence-corrected chi connectivity index (χ1v) is 8.26. The Morgan fingerprint density at radius 1 is 1.20 bits per heavy atom. The van der Waals surface area contributed by atoms with Crippen molar-refractivity contribution in [3.05, 3.63) is 64.5 Å². The predicted octanol–water partition coefficient (Wildman–Crippen LogP) is 2.76. The molecule has 4 nitrogen and oxygen atoms in total. The Bertz CT molecular complexity index is 868. The summed E-state index contributed by atoms with van der Waals surface area (Å²) in [7, 11) is 0. The molecule has 126 valence electrons. The van der Waals surface area contributed by atoms with Crippen molar-refractivity contribution in [1.29, 1.82) is 0 Å². The number of likely N-dealkylation sites (tertiary alicyclic amines) is 1. The number of nitrogens with zero attached hydrogens (tertiary/aromatic N) is 2. The molecule has 1 aliphatic rings. The summed E-state index contributed by atoms with van der Waals surface area (Å²) in [5.41, 5.74) is 4.38. The number of Topliss-reactive ketones (excluding diaryl/α,β-unsaturated/α-hetero) is 1. The summed E-state index contributed by atoms with van der Waals surface area (Å²) in [4.78, 5) is 31.3. The van der Waals surface area contributed by atoms with E-state index in [0.29, 0.717) is 6.54 Å². The number of aryl methyl sites for hydroxylation is 2. The number of ketones is 1. The van der Waals surface area contributed by atoms with Crippen molar-refractivity contribution < 1.29 is 9.59 Å². The lowest BCUT2D eigenvalue weighted by Crippen LogP contribution is -2.27. The van der Waals surface area contributed by atoms with Crippen LogP contribution in [-0.2, 0) is 16.1 Å². The molecule has 0 aliphatic carbocycles. The quantitative estimate of drug-likeness (QED) is 0.641. The van der Waals surface area contributed by atoms with Crippen LogP contribution in [0.15, 0.2) is 36.5 Å². The van der Waals surface area contributed by atoms with E-state index in [9.17, 15) is 9.59 Å². The second-order valence-electron chi connectivity index (χ2n) is 6.31. The Balaban J connectivity index is 1.91. The maximum atomic E-state index is 12.9. The SMILES string of the molecule is CC#Cc1cc(C)c(C2C(=O)CN(Cc3ccccn3)C2=O)c(C)c1. The second kappa shape index (κ2) is 6.90. The maximum Gasteiger partial charge on any atom is 0.238 e. The molecule has 1 fully saturated rings. The minimum atomic E-state index is -0.715. The summed E-state index contributed by atoms with van der Waals surface area (Å²) in [5, 5.41) is 0. The van der Waals surface area contributed by atoms with Gasteiger partial charge in [-0.3, -0.25) is 14.6 Å². The third kappa shape index (κ3) is 3.32. The van der Waals surface area contributed by atoms with Gasteiger partial charge in [-0.25, -0.2) is 0 Å². The molecular weight excluding hydrogens is 312 g/mol. The van der Waals surface area contributed by atoms with Gasteiger partial charge in [-0.2, -0.15) is 0 Å². The van der Waals surface area contributed by atoms with Crippen molar-refractivity contribution in [2.24, 2.45) is 0 Å². The standard InChI is InChI=1S/C21H20N2O2/c1-4-7-16-10-14(2)19(15(3)11-16)20-18(24)13-23(21(20)25)12-17-8-5-6-9-22-17/h5-6,8-11,20H,12-13H2,1-3H3. The van der Waals surface area contributed by atoms with Crippen LogP contribution in [-0.4, -0.2) is 28.1 Å². The predicted molar refractivity (Wildman–Crippen MR) is 95.9 cm³/mol. The molecule has 0 saturated carbocycles. The smallest absolute Gasteiger partial charge is 0.238 e. The van der Waals surface area contributed by atoms with Crippen LogP contribution < -0.4 is 0 Å². The summed E-state index contributed by atoms with van der Waals surface area (Å²) in [6, 6.07) is 9.46. The van der Waals surface area contributed by atoms with Crippen molar-refractivity contribution in [1.82, 2.24) is 9.88 Å². The molecule has 1 aromatic carbocycles. The van der Waals surface area contributed by atoms with E-state index in [0.717, 1.165) is 27.9 Å². The van der Waals surface area contributed by atoms with Crippen LogP contribution in [0.5, 0.6) is 0 Å². The highest BCUT2D eigenvalue weighted by Gasteiger charge is 2.41. The highest BCUT2D eigenvalue weighted by Crippen LogP contribution is 2.32. The number of aromatic nitrogens is 1. The molecular formula is C21H20N2O2. The van der Waals surface area contributed by atoms with Crippen LogP contribution >= 0.6 is 0 Å². The topological polar surface area (TPSA) is 50.3 Å². The Morgan fingerprint density at radius 2 is 1.92 bits per heavy atom. The Morgan fingerprint density at radius 3 is 2.52 bits per heavy atom. The summed E-state index contributed by atoms with van der Waals surface area (Å²) in [6.07, 6.45) is 1.69. The first kappa shape index (κ1) is 16.9. The second-order valence-corrected chi connectivity index (χ2v) is 6.31. The van der Waals surface area contributed by atoms with Crippen LogP contribution in [0, 0.1) is 25.7 Å². The molecule has 1 aliphatic heterocycles. The van der Waals surface area contributed by atoms with Crippen molar-refractivity contribution >= 4 is 11.7 Å². The molecule has 0 radical (unpaired) electrons. The minimum absolute atomic E-state index is 0.0542. The number of carbonyl (C=O) groups excluding carboxylic acids is 2. The Kier molecular flexibility index (Phi) is 4.67. The zero-order valence-electron chi connectivity index (χ0n) is 14.7. The molecule has 0 N–H and O–H groups in total. The van der Waals surface area contributed by atoms with Crippen LogP contribution in [0.1, 0.15) is 40.8 Å². The number of hydrogen-bond acceptors (Lipinski definition) is 3. The van der Waals surface area contributed by atoms with Crippen LogP contribution in [0.4, 0.5) is 0 Å². The molecule has 25 heavy (non-hydrogen) atoms. The van der Waals surface area contributed by atoms with Crippen molar-refractivity contribution in [3.8, 4) is 11.8 Å². The number of carbonyl (C=O) groups is 2. The van der Waals surface area contributed by atoms with Gasteiger partial charge in [-0.1, -0.05) is 12.0 Å². The van der Waals surface area contributed by atoms with Crippen LogP contribution in [0.2, 0.25) is 0 Å². The Labute approximate surface area is 147 Å². The van der Waals surface area contributed by atoms with E-state index >= 15 is 0 Å². The molecule has 0 spiro atoms. The number of pyridine rings is 1. The van der Waals surface area contributed by atoms with Gasteiger partial charge in [0, 0.05) is 11.8 Å². The van der Waals surface area contributed by atoms with Crippen molar-refractivity contribution in [3.63, 3.8) is 0 Å². The molecule has 0 bridgehead atoms. The molecule has 1 saturated heterocycles. The average Bonchev–Trinajstić information content (AvgIpc) is 2.83. The molecule has 2 heterocycles. The molecule has 1 amide bonds. The van der Waals surface area contributed by atoms with Gasteiger partial charge in [-0.05, 0) is 61.7 Å². The average molecular weight is 332 g/mol. The normalized spacial score (nSPS) is 16.8. The van der Waals surface area contributed by atoms with E-state index in [1.807, 2.05) is 44.2 Å². The number of benzene rings is 1. The minimum Gasteiger partial charge on any atom is -0.329 e. The largest absolute Gasteiger partial charge is 0.329 e. The third-order valence-electron chi connectivity index (χ3n) is 4.46. The fraction of sp³-hybridized carbons (Fsp3) is 0.286. The van der Waals surface area contributed by atoms with Gasteiger partial charge in [-0.15, -0.1) is 5.92 Å². The zero-order chi connectivity index (χ0) is 18.0. The van der Waals surface area contributed by atoms with E-state index in [-0.39, 0.29) is 18.2 Å². The molecule has 3 rings (SSSR count). The monoisotopic (exact) mass is 332 g/mol. The van der Waals surface area contributed by atoms with E-state index < -0.39 is 5.92 Å². The first-order valence-electron chi connectivity index (χ1n) is 8.26. The lowest BCUT2D eigenvalue weighted by Gasteiger charge is -2.17. The van der Waals surface area contributed by atoms with Crippen molar-refractivity contribution in [2.45, 2.75) is 33.2 Å². The summed E-state index contributed by atoms with van der Waals surface area (Å²) in [6.45, 7) is 6.16. The van der Waals surface area contributed by atoms with E-state index in [1.165, 1.54) is 0 Å². The van der Waals surface area contributed by atoms with Crippen LogP contribution in [0.3, 0.4) is 0 Å². The fourth-order valence-electron chi connectivity index (χ4n) is 3.43.